The molecule has 0 fully saturated rings. The molecular weight excluding hydrogens is 400 g/mol. The third-order valence-electron chi connectivity index (χ3n) is 5.61. The molecule has 1 aromatic heterocycles. The highest BCUT2D eigenvalue weighted by atomic mass is 19.2. The van der Waals surface area contributed by atoms with Crippen LogP contribution in [0.2, 0.25) is 0 Å². The number of aryl methyl sites for hydroxylation is 2. The van der Waals surface area contributed by atoms with Crippen LogP contribution < -0.4 is 10.2 Å². The largest absolute Gasteiger partial charge is 0.322 e. The second-order valence-electron chi connectivity index (χ2n) is 7.76. The molecule has 1 aliphatic heterocycles. The molecule has 2 amide bonds. The van der Waals surface area contributed by atoms with Crippen LogP contribution in [-0.2, 0) is 11.2 Å². The van der Waals surface area contributed by atoms with Crippen LogP contribution in [0.4, 0.5) is 20.2 Å². The van der Waals surface area contributed by atoms with E-state index < -0.39 is 23.5 Å². The number of fused-ring (bicyclic) bond motifs is 1. The van der Waals surface area contributed by atoms with Crippen molar-refractivity contribution in [1.82, 2.24) is 4.98 Å². The van der Waals surface area contributed by atoms with Crippen LogP contribution in [0.1, 0.15) is 38.7 Å². The summed E-state index contributed by atoms with van der Waals surface area (Å²) in [5, 5.41) is 2.57. The number of rotatable bonds is 3. The molecular formula is C24H21F2N3O2. The molecule has 0 saturated carbocycles. The molecule has 3 aromatic rings. The van der Waals surface area contributed by atoms with Gasteiger partial charge in [-0.05, 0) is 67.3 Å². The summed E-state index contributed by atoms with van der Waals surface area (Å²) in [6, 6.07) is 10.2. The number of benzene rings is 2. The molecule has 0 radical (unpaired) electrons. The van der Waals surface area contributed by atoms with Gasteiger partial charge in [0.2, 0.25) is 5.91 Å². The SMILES string of the molecule is Cc1cc2c(cn1)CC(c1cc(C(=O)Nc3ccc(F)c(F)c3)ccc1C)C(=O)N2C. The van der Waals surface area contributed by atoms with E-state index in [9.17, 15) is 18.4 Å². The van der Waals surface area contributed by atoms with Gasteiger partial charge in [0.25, 0.3) is 5.91 Å². The van der Waals surface area contributed by atoms with E-state index in [1.54, 1.807) is 36.3 Å². The van der Waals surface area contributed by atoms with Crippen molar-refractivity contribution in [1.29, 1.82) is 0 Å². The summed E-state index contributed by atoms with van der Waals surface area (Å²) in [6.07, 6.45) is 2.27. The number of anilines is 2. The van der Waals surface area contributed by atoms with E-state index in [-0.39, 0.29) is 11.6 Å². The standard InChI is InChI=1S/C24H21F2N3O2/c1-13-4-5-15(23(30)28-17-6-7-20(25)21(26)11-17)9-18(13)19-10-16-12-27-14(2)8-22(16)29(3)24(19)31/h4-9,11-12,19H,10H2,1-3H3,(H,28,30). The van der Waals surface area contributed by atoms with E-state index in [1.165, 1.54) is 6.07 Å². The third kappa shape index (κ3) is 3.91. The Kier molecular flexibility index (Phi) is 5.27. The summed E-state index contributed by atoms with van der Waals surface area (Å²) < 4.78 is 26.6. The maximum atomic E-state index is 13.4. The van der Waals surface area contributed by atoms with Gasteiger partial charge in [-0.25, -0.2) is 8.78 Å². The summed E-state index contributed by atoms with van der Waals surface area (Å²) in [4.78, 5) is 31.8. The molecule has 0 bridgehead atoms. The van der Waals surface area contributed by atoms with Gasteiger partial charge in [0.15, 0.2) is 11.6 Å². The van der Waals surface area contributed by atoms with Gasteiger partial charge in [0.05, 0.1) is 5.92 Å². The molecule has 7 heteroatoms. The number of nitrogens with zero attached hydrogens (tertiary/aromatic N) is 2. The van der Waals surface area contributed by atoms with Crippen molar-refractivity contribution in [3.63, 3.8) is 0 Å². The minimum absolute atomic E-state index is 0.0561. The number of hydrogen-bond acceptors (Lipinski definition) is 3. The summed E-state index contributed by atoms with van der Waals surface area (Å²) >= 11 is 0. The predicted molar refractivity (Wildman–Crippen MR) is 114 cm³/mol. The van der Waals surface area contributed by atoms with Crippen LogP contribution in [0, 0.1) is 25.5 Å². The van der Waals surface area contributed by atoms with E-state index in [0.29, 0.717) is 12.0 Å². The van der Waals surface area contributed by atoms with Gasteiger partial charge < -0.3 is 10.2 Å². The summed E-state index contributed by atoms with van der Waals surface area (Å²) in [6.45, 7) is 3.77. The van der Waals surface area contributed by atoms with Crippen LogP contribution in [-0.4, -0.2) is 23.8 Å². The average Bonchev–Trinajstić information content (AvgIpc) is 2.74. The quantitative estimate of drug-likeness (QED) is 0.676. The van der Waals surface area contributed by atoms with E-state index in [2.05, 4.69) is 10.3 Å². The topological polar surface area (TPSA) is 62.3 Å². The molecule has 1 atom stereocenters. The van der Waals surface area contributed by atoms with Crippen LogP contribution in [0.3, 0.4) is 0 Å². The highest BCUT2D eigenvalue weighted by molar-refractivity contribution is 6.05. The number of amides is 2. The van der Waals surface area contributed by atoms with Gasteiger partial charge in [-0.2, -0.15) is 0 Å². The number of pyridine rings is 1. The Morgan fingerprint density at radius 3 is 2.61 bits per heavy atom. The number of carbonyl (C=O) groups excluding carboxylic acids is 2. The Morgan fingerprint density at radius 1 is 1.10 bits per heavy atom. The van der Waals surface area contributed by atoms with E-state index in [4.69, 9.17) is 0 Å². The highest BCUT2D eigenvalue weighted by Crippen LogP contribution is 2.36. The Hall–Kier alpha value is -3.61. The number of hydrogen-bond donors (Lipinski definition) is 1. The van der Waals surface area contributed by atoms with E-state index >= 15 is 0 Å². The van der Waals surface area contributed by atoms with Gasteiger partial charge in [0, 0.05) is 41.9 Å². The zero-order valence-corrected chi connectivity index (χ0v) is 17.4. The van der Waals surface area contributed by atoms with E-state index in [0.717, 1.165) is 40.2 Å². The predicted octanol–water partition coefficient (Wildman–Crippen LogP) is 4.53. The van der Waals surface area contributed by atoms with Crippen LogP contribution in [0.15, 0.2) is 48.7 Å². The summed E-state index contributed by atoms with van der Waals surface area (Å²) in [5.74, 6) is -3.00. The second kappa shape index (κ2) is 7.91. The fourth-order valence-electron chi connectivity index (χ4n) is 3.88. The lowest BCUT2D eigenvalue weighted by Gasteiger charge is -2.32. The maximum Gasteiger partial charge on any atom is 0.255 e. The zero-order valence-electron chi connectivity index (χ0n) is 17.4. The number of halogens is 2. The normalized spacial score (nSPS) is 15.6. The molecule has 5 nitrogen and oxygen atoms in total. The van der Waals surface area contributed by atoms with Crippen molar-refractivity contribution in [2.45, 2.75) is 26.2 Å². The molecule has 1 N–H and O–H groups in total. The van der Waals surface area contributed by atoms with Gasteiger partial charge in [-0.3, -0.25) is 14.6 Å². The molecule has 0 aliphatic carbocycles. The molecule has 2 aromatic carbocycles. The number of nitrogens with one attached hydrogen (secondary N) is 1. The Morgan fingerprint density at radius 2 is 1.87 bits per heavy atom. The number of likely N-dealkylation sites (N-methyl/N-ethyl adjacent to an activating group) is 1. The number of carbonyl (C=O) groups is 2. The van der Waals surface area contributed by atoms with Gasteiger partial charge in [-0.15, -0.1) is 0 Å². The van der Waals surface area contributed by atoms with Crippen molar-refractivity contribution < 1.29 is 18.4 Å². The molecule has 0 spiro atoms. The Bertz CT molecular complexity index is 1210. The van der Waals surface area contributed by atoms with Crippen molar-refractivity contribution in [2.24, 2.45) is 0 Å². The first-order valence-electron chi connectivity index (χ1n) is 9.84. The van der Waals surface area contributed by atoms with Crippen LogP contribution in [0.5, 0.6) is 0 Å². The first-order valence-corrected chi connectivity index (χ1v) is 9.84. The molecule has 4 rings (SSSR count). The van der Waals surface area contributed by atoms with Crippen molar-refractivity contribution in [2.75, 3.05) is 17.3 Å². The highest BCUT2D eigenvalue weighted by Gasteiger charge is 2.33. The third-order valence-corrected chi connectivity index (χ3v) is 5.61. The first-order chi connectivity index (χ1) is 14.7. The van der Waals surface area contributed by atoms with Crippen LogP contribution >= 0.6 is 0 Å². The molecule has 31 heavy (non-hydrogen) atoms. The van der Waals surface area contributed by atoms with Gasteiger partial charge in [-0.1, -0.05) is 6.07 Å². The zero-order chi connectivity index (χ0) is 22.3. The monoisotopic (exact) mass is 421 g/mol. The minimum Gasteiger partial charge on any atom is -0.322 e. The fraction of sp³-hybridized carbons (Fsp3) is 0.208. The molecule has 0 saturated heterocycles. The van der Waals surface area contributed by atoms with Crippen molar-refractivity contribution in [3.05, 3.63) is 88.2 Å². The summed E-state index contributed by atoms with van der Waals surface area (Å²) in [7, 11) is 1.74. The smallest absolute Gasteiger partial charge is 0.255 e. The average molecular weight is 421 g/mol. The van der Waals surface area contributed by atoms with Crippen molar-refractivity contribution in [3.8, 4) is 0 Å². The van der Waals surface area contributed by atoms with Crippen LogP contribution in [0.25, 0.3) is 0 Å². The lowest BCUT2D eigenvalue weighted by Crippen LogP contribution is -2.37. The lowest BCUT2D eigenvalue weighted by atomic mass is 9.84. The lowest BCUT2D eigenvalue weighted by molar-refractivity contribution is -0.120. The maximum absolute atomic E-state index is 13.4. The van der Waals surface area contributed by atoms with Gasteiger partial charge in [0.1, 0.15) is 0 Å². The minimum atomic E-state index is -1.04. The van der Waals surface area contributed by atoms with Gasteiger partial charge >= 0.3 is 0 Å². The second-order valence-corrected chi connectivity index (χ2v) is 7.76. The Balaban J connectivity index is 1.64. The first kappa shape index (κ1) is 20.7. The van der Waals surface area contributed by atoms with E-state index in [1.807, 2.05) is 19.9 Å². The molecule has 158 valence electrons. The number of aromatic nitrogens is 1. The molecule has 1 unspecified atom stereocenters. The summed E-state index contributed by atoms with van der Waals surface area (Å²) in [5.41, 5.74) is 4.76. The molecule has 1 aliphatic rings. The van der Waals surface area contributed by atoms with Crippen molar-refractivity contribution >= 4 is 23.2 Å². The fourth-order valence-corrected chi connectivity index (χ4v) is 3.88. The molecule has 2 heterocycles. The Labute approximate surface area is 178 Å².